The second-order valence-electron chi connectivity index (χ2n) is 8.40. The predicted molar refractivity (Wildman–Crippen MR) is 122 cm³/mol. The van der Waals surface area contributed by atoms with E-state index in [4.69, 9.17) is 0 Å². The van der Waals surface area contributed by atoms with Crippen LogP contribution in [0.15, 0.2) is 54.6 Å². The van der Waals surface area contributed by atoms with Crippen molar-refractivity contribution in [2.75, 3.05) is 39.0 Å². The number of hydrogen-bond donors (Lipinski definition) is 1. The molecule has 1 aliphatic rings. The Balaban J connectivity index is 1.67. The average molecular weight is 479 g/mol. The van der Waals surface area contributed by atoms with Gasteiger partial charge in [-0.3, -0.25) is 4.79 Å². The van der Waals surface area contributed by atoms with Crippen LogP contribution in [0.1, 0.15) is 18.4 Å². The lowest BCUT2D eigenvalue weighted by Crippen LogP contribution is -2.50. The van der Waals surface area contributed by atoms with Gasteiger partial charge < -0.3 is 24.8 Å². The lowest BCUT2D eigenvalue weighted by molar-refractivity contribution is -0.274. The highest BCUT2D eigenvalue weighted by atomic mass is 19.4. The standard InChI is InChI=1S/C24H29F3N4O3/c1-29(2)15-16-30(17-18-7-4-3-5-8-18)22(32)21-9-6-14-31(21)23(33)28-19-10-12-20(13-11-19)34-24(25,26)27/h3-5,7-8,10-13,21H,6,9,14-17H2,1-2H3,(H,28,33). The largest absolute Gasteiger partial charge is 0.573 e. The molecular formula is C24H29F3N4O3. The van der Waals surface area contributed by atoms with Crippen molar-refractivity contribution in [3.05, 3.63) is 60.2 Å². The molecule has 0 radical (unpaired) electrons. The number of nitrogens with one attached hydrogen (secondary N) is 1. The normalized spacial score (nSPS) is 15.9. The highest BCUT2D eigenvalue weighted by Gasteiger charge is 2.37. The molecule has 1 saturated heterocycles. The van der Waals surface area contributed by atoms with Crippen LogP contribution in [-0.2, 0) is 11.3 Å². The number of ether oxygens (including phenoxy) is 1. The van der Waals surface area contributed by atoms with Crippen LogP contribution in [0.2, 0.25) is 0 Å². The fraction of sp³-hybridized carbons (Fsp3) is 0.417. The van der Waals surface area contributed by atoms with Gasteiger partial charge in [0.05, 0.1) is 0 Å². The Morgan fingerprint density at radius 2 is 1.74 bits per heavy atom. The van der Waals surface area contributed by atoms with E-state index in [0.717, 1.165) is 17.7 Å². The van der Waals surface area contributed by atoms with Crippen molar-refractivity contribution >= 4 is 17.6 Å². The van der Waals surface area contributed by atoms with Gasteiger partial charge >= 0.3 is 12.4 Å². The molecule has 184 valence electrons. The zero-order valence-corrected chi connectivity index (χ0v) is 19.2. The van der Waals surface area contributed by atoms with Crippen molar-refractivity contribution < 1.29 is 27.5 Å². The van der Waals surface area contributed by atoms with Crippen molar-refractivity contribution in [3.63, 3.8) is 0 Å². The molecular weight excluding hydrogens is 449 g/mol. The van der Waals surface area contributed by atoms with Gasteiger partial charge in [-0.15, -0.1) is 13.2 Å². The molecule has 1 N–H and O–H groups in total. The van der Waals surface area contributed by atoms with Gasteiger partial charge in [-0.05, 0) is 56.8 Å². The molecule has 0 saturated carbocycles. The summed E-state index contributed by atoms with van der Waals surface area (Å²) in [5.74, 6) is -0.496. The Morgan fingerprint density at radius 3 is 2.35 bits per heavy atom. The molecule has 1 fully saturated rings. The zero-order valence-electron chi connectivity index (χ0n) is 19.2. The minimum Gasteiger partial charge on any atom is -0.406 e. The third-order valence-electron chi connectivity index (χ3n) is 5.48. The first-order valence-electron chi connectivity index (χ1n) is 11.0. The van der Waals surface area contributed by atoms with Crippen LogP contribution in [0.4, 0.5) is 23.7 Å². The Hall–Kier alpha value is -3.27. The molecule has 7 nitrogen and oxygen atoms in total. The van der Waals surface area contributed by atoms with Gasteiger partial charge in [-0.2, -0.15) is 0 Å². The summed E-state index contributed by atoms with van der Waals surface area (Å²) in [6, 6.07) is 13.5. The van der Waals surface area contributed by atoms with Crippen LogP contribution in [0.5, 0.6) is 5.75 Å². The van der Waals surface area contributed by atoms with Crippen LogP contribution in [0.3, 0.4) is 0 Å². The minimum atomic E-state index is -4.79. The van der Waals surface area contributed by atoms with Gasteiger partial charge in [0.1, 0.15) is 11.8 Å². The maximum atomic E-state index is 13.5. The van der Waals surface area contributed by atoms with Crippen molar-refractivity contribution in [1.29, 1.82) is 0 Å². The van der Waals surface area contributed by atoms with E-state index in [2.05, 4.69) is 10.1 Å². The molecule has 3 amide bonds. The Kier molecular flexibility index (Phi) is 8.38. The second kappa shape index (κ2) is 11.2. The monoisotopic (exact) mass is 478 g/mol. The molecule has 2 aromatic rings. The number of likely N-dealkylation sites (tertiary alicyclic amines) is 1. The lowest BCUT2D eigenvalue weighted by atomic mass is 10.1. The van der Waals surface area contributed by atoms with Crippen LogP contribution in [-0.4, -0.2) is 72.8 Å². The molecule has 0 bridgehead atoms. The number of carbonyl (C=O) groups excluding carboxylic acids is 2. The Labute approximate surface area is 197 Å². The third kappa shape index (κ3) is 7.38. The number of likely N-dealkylation sites (N-methyl/N-ethyl adjacent to an activating group) is 1. The van der Waals surface area contributed by atoms with Gasteiger partial charge in [-0.25, -0.2) is 4.79 Å². The van der Waals surface area contributed by atoms with Gasteiger partial charge in [0, 0.05) is 31.9 Å². The molecule has 2 aromatic carbocycles. The number of urea groups is 1. The fourth-order valence-corrected chi connectivity index (χ4v) is 3.80. The van der Waals surface area contributed by atoms with Gasteiger partial charge in [-0.1, -0.05) is 30.3 Å². The molecule has 1 atom stereocenters. The molecule has 1 heterocycles. The number of anilines is 1. The molecule has 0 aromatic heterocycles. The predicted octanol–water partition coefficient (Wildman–Crippen LogP) is 4.17. The molecule has 1 aliphatic heterocycles. The number of hydrogen-bond acceptors (Lipinski definition) is 4. The number of nitrogens with zero attached hydrogens (tertiary/aromatic N) is 3. The van der Waals surface area contributed by atoms with Crippen molar-refractivity contribution in [2.45, 2.75) is 31.8 Å². The molecule has 0 aliphatic carbocycles. The summed E-state index contributed by atoms with van der Waals surface area (Å²) in [4.78, 5) is 31.7. The first-order valence-corrected chi connectivity index (χ1v) is 11.0. The van der Waals surface area contributed by atoms with E-state index in [1.807, 2.05) is 49.3 Å². The summed E-state index contributed by atoms with van der Waals surface area (Å²) in [5, 5.41) is 2.67. The van der Waals surface area contributed by atoms with E-state index in [1.165, 1.54) is 17.0 Å². The quantitative estimate of drug-likeness (QED) is 0.619. The van der Waals surface area contributed by atoms with Crippen LogP contribution in [0.25, 0.3) is 0 Å². The van der Waals surface area contributed by atoms with Crippen LogP contribution >= 0.6 is 0 Å². The maximum absolute atomic E-state index is 13.5. The van der Waals surface area contributed by atoms with E-state index >= 15 is 0 Å². The first-order chi connectivity index (χ1) is 16.1. The maximum Gasteiger partial charge on any atom is 0.573 e. The zero-order chi connectivity index (χ0) is 24.7. The van der Waals surface area contributed by atoms with Gasteiger partial charge in [0.2, 0.25) is 5.91 Å². The van der Waals surface area contributed by atoms with Crippen molar-refractivity contribution in [3.8, 4) is 5.75 Å². The topological polar surface area (TPSA) is 65.1 Å². The molecule has 0 spiro atoms. The summed E-state index contributed by atoms with van der Waals surface area (Å²) >= 11 is 0. The van der Waals surface area contributed by atoms with Crippen LogP contribution < -0.4 is 10.1 Å². The average Bonchev–Trinajstić information content (AvgIpc) is 3.27. The van der Waals surface area contributed by atoms with Gasteiger partial charge in [0.15, 0.2) is 0 Å². The highest BCUT2D eigenvalue weighted by molar-refractivity contribution is 5.94. The van der Waals surface area contributed by atoms with E-state index in [1.54, 1.807) is 4.90 Å². The molecule has 34 heavy (non-hydrogen) atoms. The Bertz CT molecular complexity index is 952. The van der Waals surface area contributed by atoms with Gasteiger partial charge in [0.25, 0.3) is 0 Å². The number of carbonyl (C=O) groups is 2. The SMILES string of the molecule is CN(C)CCN(Cc1ccccc1)C(=O)C1CCCN1C(=O)Nc1ccc(OC(F)(F)F)cc1. The fourth-order valence-electron chi connectivity index (χ4n) is 3.80. The summed E-state index contributed by atoms with van der Waals surface area (Å²) in [7, 11) is 3.87. The van der Waals surface area contributed by atoms with E-state index in [0.29, 0.717) is 44.7 Å². The van der Waals surface area contributed by atoms with E-state index < -0.39 is 18.4 Å². The first kappa shape index (κ1) is 25.4. The summed E-state index contributed by atoms with van der Waals surface area (Å²) in [6.45, 7) is 2.07. The van der Waals surface area contributed by atoms with E-state index in [9.17, 15) is 22.8 Å². The van der Waals surface area contributed by atoms with Crippen molar-refractivity contribution in [2.24, 2.45) is 0 Å². The summed E-state index contributed by atoms with van der Waals surface area (Å²) < 4.78 is 40.9. The molecule has 3 rings (SSSR count). The number of amides is 3. The number of halogens is 3. The summed E-state index contributed by atoms with van der Waals surface area (Å²) in [5.41, 5.74) is 1.32. The molecule has 10 heteroatoms. The number of rotatable bonds is 8. The summed E-state index contributed by atoms with van der Waals surface area (Å²) in [6.07, 6.45) is -3.54. The minimum absolute atomic E-state index is 0.118. The smallest absolute Gasteiger partial charge is 0.406 e. The van der Waals surface area contributed by atoms with E-state index in [-0.39, 0.29) is 11.7 Å². The lowest BCUT2D eigenvalue weighted by Gasteiger charge is -2.31. The van der Waals surface area contributed by atoms with Crippen LogP contribution in [0, 0.1) is 0 Å². The number of alkyl halides is 3. The second-order valence-corrected chi connectivity index (χ2v) is 8.40. The Morgan fingerprint density at radius 1 is 1.06 bits per heavy atom. The number of benzene rings is 2. The highest BCUT2D eigenvalue weighted by Crippen LogP contribution is 2.25. The molecule has 1 unspecified atom stereocenters. The van der Waals surface area contributed by atoms with Crippen molar-refractivity contribution in [1.82, 2.24) is 14.7 Å². The third-order valence-corrected chi connectivity index (χ3v) is 5.48.